The maximum atomic E-state index is 15.0. The minimum absolute atomic E-state index is 0. The Morgan fingerprint density at radius 3 is 2.29 bits per heavy atom. The first-order chi connectivity index (χ1) is 21.0. The van der Waals surface area contributed by atoms with E-state index in [0.717, 1.165) is 53.1 Å². The van der Waals surface area contributed by atoms with E-state index in [4.69, 9.17) is 14.6 Å². The van der Waals surface area contributed by atoms with Crippen LogP contribution in [0.3, 0.4) is 0 Å². The first kappa shape index (κ1) is 33.0. The molecule has 2 amide bonds. The van der Waals surface area contributed by atoms with Crippen molar-refractivity contribution < 1.29 is 52.5 Å². The number of hydrogen-bond donors (Lipinski definition) is 3. The summed E-state index contributed by atoms with van der Waals surface area (Å²) in [5.41, 5.74) is 1.16. The Kier molecular flexibility index (Phi) is 9.09. The molecule has 45 heavy (non-hydrogen) atoms. The van der Waals surface area contributed by atoms with Gasteiger partial charge < -0.3 is 24.9 Å². The topological polar surface area (TPSA) is 123 Å². The number of carbonyl (C=O) groups is 3. The predicted octanol–water partition coefficient (Wildman–Crippen LogP) is 1.97. The second-order valence-electron chi connectivity index (χ2n) is 14.2. The van der Waals surface area contributed by atoms with Crippen LogP contribution < -0.4 is 19.7 Å². The number of imidazole rings is 1. The number of hydrogen-bond acceptors (Lipinski definition) is 5. The third-order valence-corrected chi connectivity index (χ3v) is 9.29. The molecule has 2 aromatic rings. The zero-order chi connectivity index (χ0) is 32.7. The number of aromatic nitrogens is 2. The van der Waals surface area contributed by atoms with Gasteiger partial charge in [0.25, 0.3) is 0 Å². The van der Waals surface area contributed by atoms with Gasteiger partial charge >= 0.3 is 24.0 Å². The molecule has 4 bridgehead atoms. The molecule has 2 aromatic heterocycles. The van der Waals surface area contributed by atoms with Crippen LogP contribution in [0.4, 0.5) is 22.4 Å². The number of halogens is 4. The number of amides is 2. The number of nitrogens with zero attached hydrogens (tertiary/aromatic N) is 2. The lowest BCUT2D eigenvalue weighted by molar-refractivity contribution is -0.914. The summed E-state index contributed by atoms with van der Waals surface area (Å²) in [6.07, 6.45) is 2.42. The van der Waals surface area contributed by atoms with Gasteiger partial charge in [0.15, 0.2) is 11.7 Å². The molecule has 2 atom stereocenters. The summed E-state index contributed by atoms with van der Waals surface area (Å²) >= 11 is 0. The number of carboxylic acids is 1. The number of rotatable bonds is 4. The summed E-state index contributed by atoms with van der Waals surface area (Å²) in [5, 5.41) is 12.3. The van der Waals surface area contributed by atoms with E-state index in [1.54, 1.807) is 0 Å². The highest BCUT2D eigenvalue weighted by molar-refractivity contribution is 5.90. The van der Waals surface area contributed by atoms with Crippen LogP contribution in [0.2, 0.25) is 0 Å². The minimum atomic E-state index is -5.19. The Morgan fingerprint density at radius 2 is 1.73 bits per heavy atom. The summed E-state index contributed by atoms with van der Waals surface area (Å²) in [6, 6.07) is 5.90. The fraction of sp³-hybridized carbons (Fsp3) is 0.677. The lowest BCUT2D eigenvalue weighted by Crippen LogP contribution is -3.12. The summed E-state index contributed by atoms with van der Waals surface area (Å²) < 4.78 is 53.9. The van der Waals surface area contributed by atoms with Gasteiger partial charge in [0.1, 0.15) is 24.7 Å². The predicted molar refractivity (Wildman–Crippen MR) is 153 cm³/mol. The van der Waals surface area contributed by atoms with Crippen molar-refractivity contribution in [2.24, 2.45) is 17.8 Å². The Labute approximate surface area is 260 Å². The van der Waals surface area contributed by atoms with E-state index in [-0.39, 0.29) is 19.4 Å². The van der Waals surface area contributed by atoms with Gasteiger partial charge in [0.2, 0.25) is 5.69 Å². The van der Waals surface area contributed by atoms with Crippen LogP contribution in [-0.2, 0) is 16.1 Å². The van der Waals surface area contributed by atoms with Crippen LogP contribution >= 0.6 is 0 Å². The maximum absolute atomic E-state index is 15.0. The lowest BCUT2D eigenvalue weighted by atomic mass is 9.53. The van der Waals surface area contributed by atoms with E-state index in [2.05, 4.69) is 10.3 Å². The second kappa shape index (κ2) is 12.4. The van der Waals surface area contributed by atoms with E-state index in [1.807, 2.05) is 49.6 Å². The fourth-order valence-electron chi connectivity index (χ4n) is 8.02. The fourth-order valence-corrected chi connectivity index (χ4v) is 8.02. The van der Waals surface area contributed by atoms with Crippen molar-refractivity contribution in [2.75, 3.05) is 26.2 Å². The van der Waals surface area contributed by atoms with Gasteiger partial charge in [-0.25, -0.2) is 14.2 Å². The number of alkyl halides is 4. The van der Waals surface area contributed by atoms with Crippen molar-refractivity contribution in [3.8, 4) is 0 Å². The number of carbonyl (C=O) groups excluding carboxylic acids is 3. The molecule has 4 aliphatic carbocycles. The molecule has 14 heteroatoms. The van der Waals surface area contributed by atoms with Gasteiger partial charge in [-0.1, -0.05) is 6.07 Å². The molecule has 0 radical (unpaired) electrons. The zero-order valence-corrected chi connectivity index (χ0v) is 25.8. The Bertz CT molecular complexity index is 1390. The van der Waals surface area contributed by atoms with Gasteiger partial charge in [-0.05, 0) is 89.2 Å². The number of ether oxygens (including phenoxy) is 1. The highest BCUT2D eigenvalue weighted by Gasteiger charge is 2.52. The molecule has 0 spiro atoms. The van der Waals surface area contributed by atoms with Crippen LogP contribution in [0, 0.1) is 17.8 Å². The Balaban J connectivity index is 0.000000542. The molecular formula is C31H44F4N5O5+. The average Bonchev–Trinajstić information content (AvgIpc) is 3.15. The lowest BCUT2D eigenvalue weighted by Gasteiger charge is -2.56. The third-order valence-electron chi connectivity index (χ3n) is 9.29. The van der Waals surface area contributed by atoms with Crippen LogP contribution in [-0.4, -0.2) is 77.5 Å². The van der Waals surface area contributed by atoms with E-state index in [1.165, 1.54) is 24.2 Å². The van der Waals surface area contributed by atoms with Crippen LogP contribution in [0.1, 0.15) is 77.0 Å². The van der Waals surface area contributed by atoms with E-state index < -0.39 is 30.0 Å². The number of pyridine rings is 1. The largest absolute Gasteiger partial charge is 0.542 e. The van der Waals surface area contributed by atoms with Crippen molar-refractivity contribution in [1.29, 1.82) is 0 Å². The highest BCUT2D eigenvalue weighted by atomic mass is 19.4. The molecule has 250 valence electrons. The molecule has 3 N–H and O–H groups in total. The third kappa shape index (κ3) is 7.87. The van der Waals surface area contributed by atoms with Crippen LogP contribution in [0.5, 0.6) is 0 Å². The van der Waals surface area contributed by atoms with Crippen molar-refractivity contribution in [3.63, 3.8) is 0 Å². The minimum Gasteiger partial charge on any atom is -0.542 e. The molecular weight excluding hydrogens is 598 g/mol. The molecule has 5 fully saturated rings. The van der Waals surface area contributed by atoms with E-state index in [0.29, 0.717) is 32.0 Å². The molecule has 1 aliphatic heterocycles. The second-order valence-corrected chi connectivity index (χ2v) is 14.2. The van der Waals surface area contributed by atoms with Gasteiger partial charge in [0.05, 0.1) is 25.8 Å². The highest BCUT2D eigenvalue weighted by Crippen LogP contribution is 2.55. The molecule has 3 heterocycles. The number of carboxylic acid groups (broad SMARTS) is 1. The smallest absolute Gasteiger partial charge is 0.430 e. The van der Waals surface area contributed by atoms with Gasteiger partial charge in [-0.3, -0.25) is 9.69 Å². The number of quaternary nitrogens is 1. The van der Waals surface area contributed by atoms with E-state index in [9.17, 15) is 27.2 Å². The number of aliphatic carboxylic acids is 1. The quantitative estimate of drug-likeness (QED) is 0.348. The van der Waals surface area contributed by atoms with Crippen molar-refractivity contribution in [2.45, 2.75) is 89.3 Å². The number of nitrogens with one attached hydrogen (secondary N) is 3. The first-order valence-electron chi connectivity index (χ1n) is 15.6. The van der Waals surface area contributed by atoms with Gasteiger partial charge in [-0.2, -0.15) is 17.6 Å². The monoisotopic (exact) mass is 642 g/mol. The van der Waals surface area contributed by atoms with Gasteiger partial charge in [-0.15, -0.1) is 0 Å². The molecule has 4 saturated carbocycles. The zero-order valence-electron chi connectivity index (χ0n) is 25.8. The maximum Gasteiger partial charge on any atom is 0.430 e. The Morgan fingerprint density at radius 1 is 1.13 bits per heavy atom. The number of fused-ring (bicyclic) bond motifs is 1. The van der Waals surface area contributed by atoms with E-state index >= 15 is 0 Å². The van der Waals surface area contributed by atoms with Crippen molar-refractivity contribution in [3.05, 3.63) is 35.9 Å². The van der Waals surface area contributed by atoms with Crippen LogP contribution in [0.15, 0.2) is 24.4 Å². The standard InChI is InChI=1S/C29H40FN5O3.C2HF3O2.H2/c1-28(2,3)38-27(37)34-9-8-33(16-22(30)17-34)18-23-24-6-4-5-7-35(24)25(31-23)26(36)32-29-13-19-10-20(14-29)12-21(11-19)15-29;3-2(4,5)1(6)7;/h4-7,19-22H,8-18H2,1-3H3,(H,32,36);(H,6,7);1H/p+1. The molecule has 10 nitrogen and oxygen atoms in total. The van der Waals surface area contributed by atoms with Crippen molar-refractivity contribution in [1.82, 2.24) is 15.2 Å². The molecule has 1 saturated heterocycles. The summed E-state index contributed by atoms with van der Waals surface area (Å²) in [4.78, 5) is 41.0. The number of H-pyrrole nitrogens is 1. The molecule has 0 aromatic carbocycles. The summed E-state index contributed by atoms with van der Waals surface area (Å²) in [6.45, 7) is 7.36. The van der Waals surface area contributed by atoms with Crippen molar-refractivity contribution >= 4 is 23.5 Å². The first-order valence-corrected chi connectivity index (χ1v) is 15.6. The summed E-state index contributed by atoms with van der Waals surface area (Å²) in [5.74, 6) is -0.257. The normalized spacial score (nSPS) is 29.5. The number of aromatic amines is 1. The van der Waals surface area contributed by atoms with Crippen LogP contribution in [0.25, 0.3) is 5.52 Å². The molecule has 2 unspecified atom stereocenters. The molecule has 7 rings (SSSR count). The SMILES string of the molecule is CC(C)(C)OC(=O)N1CC[NH+](Cc2[nH]c(C(=O)NC34CC5CC(CC(C5)C3)C4)[n+]3ccccc23)CC(F)C1.O=C([O-])C(F)(F)F.[HH]. The Hall–Kier alpha value is -3.42. The molecule has 5 aliphatic rings. The average molecular weight is 643 g/mol. The van der Waals surface area contributed by atoms with Gasteiger partial charge in [0, 0.05) is 6.97 Å². The summed E-state index contributed by atoms with van der Waals surface area (Å²) in [7, 11) is 0.